The van der Waals surface area contributed by atoms with Gasteiger partial charge in [0.25, 0.3) is 0 Å². The number of benzene rings is 1. The number of hydrogen-bond donors (Lipinski definition) is 1. The molecule has 0 radical (unpaired) electrons. The third-order valence-electron chi connectivity index (χ3n) is 3.62. The van der Waals surface area contributed by atoms with Crippen LogP contribution in [0.2, 0.25) is 0 Å². The number of fused-ring (bicyclic) bond motifs is 3. The van der Waals surface area contributed by atoms with Crippen LogP contribution in [0, 0.1) is 11.3 Å². The molecule has 1 heterocycles. The van der Waals surface area contributed by atoms with E-state index in [-0.39, 0.29) is 6.61 Å². The number of nitrogens with zero attached hydrogens (tertiary/aromatic N) is 1. The van der Waals surface area contributed by atoms with Gasteiger partial charge in [0.15, 0.2) is 6.61 Å². The van der Waals surface area contributed by atoms with Crippen molar-refractivity contribution in [3.63, 3.8) is 0 Å². The van der Waals surface area contributed by atoms with Crippen molar-refractivity contribution in [1.29, 1.82) is 5.26 Å². The van der Waals surface area contributed by atoms with Crippen LogP contribution in [0.3, 0.4) is 0 Å². The van der Waals surface area contributed by atoms with Crippen LogP contribution in [0.25, 0.3) is 10.9 Å². The van der Waals surface area contributed by atoms with Crippen LogP contribution in [0.4, 0.5) is 0 Å². The van der Waals surface area contributed by atoms with Crippen molar-refractivity contribution < 1.29 is 9.53 Å². The van der Waals surface area contributed by atoms with Crippen LogP contribution in [0.5, 0.6) is 0 Å². The molecule has 0 saturated carbocycles. The standard InChI is InChI=1S/C15H14N2O2/c16-8-9-19-15(18)12-6-3-5-11-10-4-1-2-7-13(10)17-14(11)12/h3,5-6,17H,1-2,4,7,9H2. The van der Waals surface area contributed by atoms with Gasteiger partial charge in [-0.05, 0) is 37.3 Å². The van der Waals surface area contributed by atoms with Gasteiger partial charge in [0.05, 0.1) is 11.1 Å². The number of esters is 1. The highest BCUT2D eigenvalue weighted by molar-refractivity contribution is 6.04. The molecule has 4 heteroatoms. The first kappa shape index (κ1) is 11.8. The summed E-state index contributed by atoms with van der Waals surface area (Å²) in [5.74, 6) is -0.439. The van der Waals surface area contributed by atoms with Crippen LogP contribution in [-0.2, 0) is 17.6 Å². The van der Waals surface area contributed by atoms with Gasteiger partial charge in [-0.15, -0.1) is 0 Å². The van der Waals surface area contributed by atoms with Crippen molar-refractivity contribution in [2.75, 3.05) is 6.61 Å². The van der Waals surface area contributed by atoms with Crippen LogP contribution < -0.4 is 0 Å². The van der Waals surface area contributed by atoms with E-state index in [0.717, 1.165) is 23.7 Å². The number of carbonyl (C=O) groups is 1. The van der Waals surface area contributed by atoms with Crippen molar-refractivity contribution in [3.8, 4) is 6.07 Å². The second kappa shape index (κ2) is 4.77. The second-order valence-corrected chi connectivity index (χ2v) is 4.75. The summed E-state index contributed by atoms with van der Waals surface area (Å²) in [6, 6.07) is 7.46. The third kappa shape index (κ3) is 1.97. The zero-order valence-corrected chi connectivity index (χ0v) is 10.5. The first-order chi connectivity index (χ1) is 9.31. The van der Waals surface area contributed by atoms with E-state index in [4.69, 9.17) is 10.00 Å². The zero-order chi connectivity index (χ0) is 13.2. The van der Waals surface area contributed by atoms with E-state index >= 15 is 0 Å². The maximum atomic E-state index is 11.9. The lowest BCUT2D eigenvalue weighted by Gasteiger charge is -2.10. The molecule has 0 atom stereocenters. The van der Waals surface area contributed by atoms with E-state index in [0.29, 0.717) is 5.56 Å². The molecule has 0 saturated heterocycles. The summed E-state index contributed by atoms with van der Waals surface area (Å²) in [5, 5.41) is 9.59. The molecule has 0 aliphatic heterocycles. The minimum absolute atomic E-state index is 0.213. The number of nitriles is 1. The van der Waals surface area contributed by atoms with Gasteiger partial charge in [-0.1, -0.05) is 12.1 Å². The number of H-pyrrole nitrogens is 1. The number of aromatic nitrogens is 1. The lowest BCUT2D eigenvalue weighted by atomic mass is 9.95. The fourth-order valence-electron chi connectivity index (χ4n) is 2.78. The average Bonchev–Trinajstić information content (AvgIpc) is 2.83. The maximum absolute atomic E-state index is 11.9. The minimum atomic E-state index is -0.439. The molecule has 0 spiro atoms. The summed E-state index contributed by atoms with van der Waals surface area (Å²) in [6.45, 7) is -0.213. The summed E-state index contributed by atoms with van der Waals surface area (Å²) < 4.78 is 4.90. The van der Waals surface area contributed by atoms with Crippen molar-refractivity contribution in [2.45, 2.75) is 25.7 Å². The molecular weight excluding hydrogens is 240 g/mol. The van der Waals surface area contributed by atoms with Gasteiger partial charge < -0.3 is 9.72 Å². The highest BCUT2D eigenvalue weighted by Gasteiger charge is 2.19. The Hall–Kier alpha value is -2.28. The Morgan fingerprint density at radius 3 is 3.05 bits per heavy atom. The Kier molecular flexibility index (Phi) is 2.96. The molecule has 3 rings (SSSR count). The third-order valence-corrected chi connectivity index (χ3v) is 3.62. The number of nitrogens with one attached hydrogen (secondary N) is 1. The summed E-state index contributed by atoms with van der Waals surface area (Å²) in [7, 11) is 0. The predicted octanol–water partition coefficient (Wildman–Crippen LogP) is 2.73. The van der Waals surface area contributed by atoms with Crippen LogP contribution >= 0.6 is 0 Å². The predicted molar refractivity (Wildman–Crippen MR) is 70.8 cm³/mol. The number of aromatic amines is 1. The zero-order valence-electron chi connectivity index (χ0n) is 10.5. The Morgan fingerprint density at radius 2 is 2.21 bits per heavy atom. The van der Waals surface area contributed by atoms with E-state index in [9.17, 15) is 4.79 Å². The van der Waals surface area contributed by atoms with Crippen molar-refractivity contribution in [3.05, 3.63) is 35.0 Å². The summed E-state index contributed by atoms with van der Waals surface area (Å²) in [6.07, 6.45) is 4.49. The van der Waals surface area contributed by atoms with E-state index < -0.39 is 5.97 Å². The van der Waals surface area contributed by atoms with Gasteiger partial charge >= 0.3 is 5.97 Å². The molecule has 4 nitrogen and oxygen atoms in total. The number of carbonyl (C=O) groups excluding carboxylic acids is 1. The highest BCUT2D eigenvalue weighted by Crippen LogP contribution is 2.30. The van der Waals surface area contributed by atoms with E-state index in [1.165, 1.54) is 24.1 Å². The molecule has 0 fully saturated rings. The maximum Gasteiger partial charge on any atom is 0.341 e. The second-order valence-electron chi connectivity index (χ2n) is 4.75. The van der Waals surface area contributed by atoms with Gasteiger partial charge in [-0.25, -0.2) is 4.79 Å². The molecule has 19 heavy (non-hydrogen) atoms. The topological polar surface area (TPSA) is 65.9 Å². The smallest absolute Gasteiger partial charge is 0.341 e. The monoisotopic (exact) mass is 254 g/mol. The van der Waals surface area contributed by atoms with Gasteiger partial charge in [-0.3, -0.25) is 0 Å². The van der Waals surface area contributed by atoms with E-state index in [1.807, 2.05) is 18.2 Å². The van der Waals surface area contributed by atoms with Gasteiger partial charge in [0.2, 0.25) is 0 Å². The Bertz CT molecular complexity index is 679. The lowest BCUT2D eigenvalue weighted by molar-refractivity contribution is 0.0557. The van der Waals surface area contributed by atoms with Crippen LogP contribution in [0.1, 0.15) is 34.5 Å². The lowest BCUT2D eigenvalue weighted by Crippen LogP contribution is -2.05. The Balaban J connectivity index is 2.09. The van der Waals surface area contributed by atoms with Crippen LogP contribution in [-0.4, -0.2) is 17.6 Å². The number of para-hydroxylation sites is 1. The highest BCUT2D eigenvalue weighted by atomic mass is 16.5. The average molecular weight is 254 g/mol. The van der Waals surface area contributed by atoms with Gasteiger partial charge in [0.1, 0.15) is 6.07 Å². The van der Waals surface area contributed by atoms with E-state index in [2.05, 4.69) is 4.98 Å². The Morgan fingerprint density at radius 1 is 1.37 bits per heavy atom. The molecule has 1 aliphatic rings. The van der Waals surface area contributed by atoms with Crippen molar-refractivity contribution in [2.24, 2.45) is 0 Å². The molecule has 1 aliphatic carbocycles. The summed E-state index contributed by atoms with van der Waals surface area (Å²) >= 11 is 0. The Labute approximate surface area is 111 Å². The molecule has 96 valence electrons. The fraction of sp³-hybridized carbons (Fsp3) is 0.333. The molecule has 2 aromatic rings. The molecule has 1 N–H and O–H groups in total. The molecule has 0 bridgehead atoms. The van der Waals surface area contributed by atoms with Crippen molar-refractivity contribution >= 4 is 16.9 Å². The minimum Gasteiger partial charge on any atom is -0.447 e. The molecule has 1 aromatic heterocycles. The normalized spacial score (nSPS) is 13.8. The number of rotatable bonds is 2. The van der Waals surface area contributed by atoms with Crippen molar-refractivity contribution in [1.82, 2.24) is 4.98 Å². The van der Waals surface area contributed by atoms with E-state index in [1.54, 1.807) is 6.07 Å². The van der Waals surface area contributed by atoms with Crippen LogP contribution in [0.15, 0.2) is 18.2 Å². The molecule has 1 aromatic carbocycles. The number of aryl methyl sites for hydroxylation is 2. The first-order valence-corrected chi connectivity index (χ1v) is 6.48. The number of ether oxygens (including phenoxy) is 1. The summed E-state index contributed by atoms with van der Waals surface area (Å²) in [4.78, 5) is 15.3. The molecule has 0 unspecified atom stereocenters. The SMILES string of the molecule is N#CCOC(=O)c1cccc2c3c([nH]c12)CCCC3. The first-order valence-electron chi connectivity index (χ1n) is 6.48. The van der Waals surface area contributed by atoms with Gasteiger partial charge in [0, 0.05) is 11.1 Å². The molecular formula is C15H14N2O2. The quantitative estimate of drug-likeness (QED) is 0.838. The van der Waals surface area contributed by atoms with Gasteiger partial charge in [-0.2, -0.15) is 5.26 Å². The largest absolute Gasteiger partial charge is 0.447 e. The molecule has 0 amide bonds. The fourth-order valence-corrected chi connectivity index (χ4v) is 2.78. The summed E-state index contributed by atoms with van der Waals surface area (Å²) in [5.41, 5.74) is 3.93. The number of hydrogen-bond acceptors (Lipinski definition) is 3.